The van der Waals surface area contributed by atoms with Gasteiger partial charge in [-0.3, -0.25) is 0 Å². The zero-order valence-electron chi connectivity index (χ0n) is 13.0. The van der Waals surface area contributed by atoms with Gasteiger partial charge in [-0.25, -0.2) is 0 Å². The molecule has 2 N–H and O–H groups in total. The molecule has 0 radical (unpaired) electrons. The fraction of sp³-hybridized carbons (Fsp3) is 0.588. The molecule has 0 aliphatic heterocycles. The lowest BCUT2D eigenvalue weighted by Gasteiger charge is -2.21. The Kier molecular flexibility index (Phi) is 4.10. The van der Waals surface area contributed by atoms with Gasteiger partial charge in [0.15, 0.2) is 0 Å². The lowest BCUT2D eigenvalue weighted by Crippen LogP contribution is -2.21. The van der Waals surface area contributed by atoms with Crippen molar-refractivity contribution in [3.05, 3.63) is 29.3 Å². The summed E-state index contributed by atoms with van der Waals surface area (Å²) >= 11 is 5.02. The van der Waals surface area contributed by atoms with Gasteiger partial charge in [0.05, 0.1) is 11.6 Å². The van der Waals surface area contributed by atoms with Gasteiger partial charge >= 0.3 is 0 Å². The monoisotopic (exact) mass is 291 g/mol. The average molecular weight is 291 g/mol. The molecule has 0 spiro atoms. The van der Waals surface area contributed by atoms with E-state index >= 15 is 0 Å². The van der Waals surface area contributed by atoms with Crippen LogP contribution in [-0.4, -0.2) is 11.6 Å². The third-order valence-electron chi connectivity index (χ3n) is 4.08. The van der Waals surface area contributed by atoms with Gasteiger partial charge in [-0.2, -0.15) is 0 Å². The Balaban J connectivity index is 2.02. The molecule has 3 heteroatoms. The summed E-state index contributed by atoms with van der Waals surface area (Å²) in [7, 11) is 0. The van der Waals surface area contributed by atoms with Crippen LogP contribution in [0.3, 0.4) is 0 Å². The number of benzene rings is 1. The zero-order chi connectivity index (χ0) is 15.0. The first-order valence-corrected chi connectivity index (χ1v) is 7.65. The predicted octanol–water partition coefficient (Wildman–Crippen LogP) is 4.13. The van der Waals surface area contributed by atoms with Crippen molar-refractivity contribution in [1.29, 1.82) is 0 Å². The van der Waals surface area contributed by atoms with Crippen molar-refractivity contribution in [2.24, 2.45) is 11.1 Å². The highest BCUT2D eigenvalue weighted by atomic mass is 32.1. The normalized spacial score (nSPS) is 16.8. The van der Waals surface area contributed by atoms with Crippen molar-refractivity contribution >= 4 is 17.2 Å². The summed E-state index contributed by atoms with van der Waals surface area (Å²) in [4.78, 5) is 0.603. The first-order valence-electron chi connectivity index (χ1n) is 7.24. The third-order valence-corrected chi connectivity index (χ3v) is 4.23. The molecular formula is C17H25NOS. The van der Waals surface area contributed by atoms with Crippen molar-refractivity contribution in [3.8, 4) is 5.75 Å². The number of nitrogens with two attached hydrogens (primary N) is 1. The Labute approximate surface area is 127 Å². The molecule has 0 unspecified atom stereocenters. The van der Waals surface area contributed by atoms with E-state index in [0.29, 0.717) is 4.99 Å². The SMILES string of the molecule is Cc1cc(C(C)(C)C)ccc1OCC1(CC(N)=S)CC1. The molecule has 0 heterocycles. The average Bonchev–Trinajstić information content (AvgIpc) is 3.05. The molecule has 0 saturated heterocycles. The maximum atomic E-state index is 6.02. The fourth-order valence-corrected chi connectivity index (χ4v) is 2.73. The topological polar surface area (TPSA) is 35.2 Å². The molecule has 2 nitrogen and oxygen atoms in total. The second kappa shape index (κ2) is 5.36. The molecule has 0 bridgehead atoms. The van der Waals surface area contributed by atoms with Gasteiger partial charge in [-0.1, -0.05) is 45.1 Å². The van der Waals surface area contributed by atoms with Crippen molar-refractivity contribution in [2.75, 3.05) is 6.61 Å². The van der Waals surface area contributed by atoms with Gasteiger partial charge in [-0.15, -0.1) is 0 Å². The van der Waals surface area contributed by atoms with E-state index in [9.17, 15) is 0 Å². The van der Waals surface area contributed by atoms with E-state index in [-0.39, 0.29) is 10.8 Å². The third kappa shape index (κ3) is 3.72. The minimum atomic E-state index is 0.173. The van der Waals surface area contributed by atoms with Crippen LogP contribution >= 0.6 is 12.2 Å². The first kappa shape index (κ1) is 15.3. The summed E-state index contributed by atoms with van der Waals surface area (Å²) in [5.41, 5.74) is 8.58. The van der Waals surface area contributed by atoms with E-state index in [4.69, 9.17) is 22.7 Å². The summed E-state index contributed by atoms with van der Waals surface area (Å²) < 4.78 is 6.02. The van der Waals surface area contributed by atoms with Crippen LogP contribution in [0.5, 0.6) is 5.75 Å². The van der Waals surface area contributed by atoms with E-state index in [2.05, 4.69) is 45.9 Å². The van der Waals surface area contributed by atoms with Crippen molar-refractivity contribution < 1.29 is 4.74 Å². The van der Waals surface area contributed by atoms with E-state index < -0.39 is 0 Å². The molecule has 1 fully saturated rings. The van der Waals surface area contributed by atoms with Crippen LogP contribution in [0.1, 0.15) is 51.2 Å². The number of hydrogen-bond donors (Lipinski definition) is 1. The number of rotatable bonds is 5. The fourth-order valence-electron chi connectivity index (χ4n) is 2.43. The Morgan fingerprint density at radius 3 is 2.45 bits per heavy atom. The summed E-state index contributed by atoms with van der Waals surface area (Å²) in [6, 6.07) is 6.48. The molecule has 20 heavy (non-hydrogen) atoms. The van der Waals surface area contributed by atoms with Gasteiger partial charge < -0.3 is 10.5 Å². The van der Waals surface area contributed by atoms with Crippen LogP contribution in [0, 0.1) is 12.3 Å². The van der Waals surface area contributed by atoms with Gasteiger partial charge in [0.2, 0.25) is 0 Å². The second-order valence-electron chi connectivity index (χ2n) is 7.16. The van der Waals surface area contributed by atoms with E-state index in [1.54, 1.807) is 0 Å². The van der Waals surface area contributed by atoms with Crippen LogP contribution < -0.4 is 10.5 Å². The van der Waals surface area contributed by atoms with Crippen molar-refractivity contribution in [3.63, 3.8) is 0 Å². The molecule has 1 aliphatic rings. The molecule has 0 atom stereocenters. The molecule has 1 saturated carbocycles. The molecule has 0 aromatic heterocycles. The standard InChI is InChI=1S/C17H25NOS/c1-12-9-13(16(2,3)4)5-6-14(12)19-11-17(7-8-17)10-15(18)20/h5-6,9H,7-8,10-11H2,1-4H3,(H2,18,20). The quantitative estimate of drug-likeness (QED) is 0.829. The van der Waals surface area contributed by atoms with Gasteiger partial charge in [0.1, 0.15) is 5.75 Å². The highest BCUT2D eigenvalue weighted by Crippen LogP contribution is 2.49. The Morgan fingerprint density at radius 2 is 2.00 bits per heavy atom. The predicted molar refractivity (Wildman–Crippen MR) is 88.4 cm³/mol. The smallest absolute Gasteiger partial charge is 0.122 e. The van der Waals surface area contributed by atoms with Gasteiger partial charge in [0, 0.05) is 11.8 Å². The Hall–Kier alpha value is -1.09. The molecule has 2 rings (SSSR count). The van der Waals surface area contributed by atoms with E-state index in [1.165, 1.54) is 24.0 Å². The molecule has 1 aromatic carbocycles. The summed E-state index contributed by atoms with van der Waals surface area (Å²) in [6.45, 7) is 9.51. The minimum Gasteiger partial charge on any atom is -0.493 e. The number of thiocarbonyl (C=S) groups is 1. The van der Waals surface area contributed by atoms with Gasteiger partial charge in [-0.05, 0) is 42.4 Å². The zero-order valence-corrected chi connectivity index (χ0v) is 13.8. The van der Waals surface area contributed by atoms with E-state index in [1.807, 2.05) is 0 Å². The summed E-state index contributed by atoms with van der Waals surface area (Å²) in [5, 5.41) is 0. The van der Waals surface area contributed by atoms with Crippen LogP contribution in [0.4, 0.5) is 0 Å². The van der Waals surface area contributed by atoms with Crippen LogP contribution in [0.2, 0.25) is 0 Å². The van der Waals surface area contributed by atoms with Crippen LogP contribution in [0.25, 0.3) is 0 Å². The maximum absolute atomic E-state index is 6.02. The maximum Gasteiger partial charge on any atom is 0.122 e. The highest BCUT2D eigenvalue weighted by molar-refractivity contribution is 7.80. The lowest BCUT2D eigenvalue weighted by molar-refractivity contribution is 0.237. The number of hydrogen-bond acceptors (Lipinski definition) is 2. The Morgan fingerprint density at radius 1 is 1.35 bits per heavy atom. The largest absolute Gasteiger partial charge is 0.493 e. The van der Waals surface area contributed by atoms with Gasteiger partial charge in [0.25, 0.3) is 0 Å². The summed E-state index contributed by atoms with van der Waals surface area (Å²) in [5.74, 6) is 0.979. The molecular weight excluding hydrogens is 266 g/mol. The number of ether oxygens (including phenoxy) is 1. The van der Waals surface area contributed by atoms with Crippen LogP contribution in [-0.2, 0) is 5.41 Å². The highest BCUT2D eigenvalue weighted by Gasteiger charge is 2.43. The first-order chi connectivity index (χ1) is 9.22. The van der Waals surface area contributed by atoms with Crippen molar-refractivity contribution in [2.45, 2.75) is 52.4 Å². The lowest BCUT2D eigenvalue weighted by atomic mass is 9.86. The minimum absolute atomic E-state index is 0.173. The molecule has 1 aliphatic carbocycles. The number of aryl methyl sites for hydroxylation is 1. The van der Waals surface area contributed by atoms with Crippen LogP contribution in [0.15, 0.2) is 18.2 Å². The Bertz CT molecular complexity index is 512. The molecule has 1 aromatic rings. The van der Waals surface area contributed by atoms with E-state index in [0.717, 1.165) is 18.8 Å². The molecule has 110 valence electrons. The van der Waals surface area contributed by atoms with Crippen molar-refractivity contribution in [1.82, 2.24) is 0 Å². The summed E-state index contributed by atoms with van der Waals surface area (Å²) in [6.07, 6.45) is 3.15. The second-order valence-corrected chi connectivity index (χ2v) is 7.69. The molecule has 0 amide bonds.